The quantitative estimate of drug-likeness (QED) is 0.516. The normalized spacial score (nSPS) is 11.5. The number of hydrogen-bond acceptors (Lipinski definition) is 5. The highest BCUT2D eigenvalue weighted by molar-refractivity contribution is 7.14. The van der Waals surface area contributed by atoms with Crippen LogP contribution in [0.2, 0.25) is 0 Å². The van der Waals surface area contributed by atoms with Crippen molar-refractivity contribution in [1.82, 2.24) is 14.8 Å². The third kappa shape index (κ3) is 3.19. The third-order valence-corrected chi connectivity index (χ3v) is 6.13. The van der Waals surface area contributed by atoms with E-state index in [2.05, 4.69) is 45.0 Å². The lowest BCUT2D eigenvalue weighted by Crippen LogP contribution is -2.00. The van der Waals surface area contributed by atoms with Gasteiger partial charge in [0.2, 0.25) is 5.13 Å². The maximum absolute atomic E-state index is 5.96. The average Bonchev–Trinajstić information content (AvgIpc) is 3.29. The summed E-state index contributed by atoms with van der Waals surface area (Å²) in [5.74, 6) is 1.18. The van der Waals surface area contributed by atoms with Gasteiger partial charge in [-0.25, -0.2) is 9.67 Å². The van der Waals surface area contributed by atoms with Crippen LogP contribution in [0.3, 0.4) is 0 Å². The molecule has 2 N–H and O–H groups in total. The Morgan fingerprint density at radius 3 is 2.71 bits per heavy atom. The van der Waals surface area contributed by atoms with Crippen LogP contribution in [0.15, 0.2) is 42.5 Å². The Balaban J connectivity index is 1.91. The van der Waals surface area contributed by atoms with Crippen molar-refractivity contribution in [2.24, 2.45) is 5.73 Å². The monoisotopic (exact) mass is 392 g/mol. The minimum atomic E-state index is 0.352. The number of benzene rings is 2. The Morgan fingerprint density at radius 1 is 1.18 bits per heavy atom. The molecule has 2 aromatic heterocycles. The zero-order valence-electron chi connectivity index (χ0n) is 16.6. The molecule has 6 heteroatoms. The van der Waals surface area contributed by atoms with E-state index in [1.165, 1.54) is 10.4 Å². The summed E-state index contributed by atoms with van der Waals surface area (Å²) in [5, 5.41) is 6.72. The molecule has 4 rings (SSSR count). The highest BCUT2D eigenvalue weighted by Gasteiger charge is 2.20. The number of nitrogens with zero attached hydrogens (tertiary/aromatic N) is 3. The largest absolute Gasteiger partial charge is 0.497 e. The molecule has 2 heterocycles. The molecule has 0 saturated carbocycles. The summed E-state index contributed by atoms with van der Waals surface area (Å²) in [7, 11) is 1.68. The van der Waals surface area contributed by atoms with Crippen LogP contribution >= 0.6 is 11.3 Å². The van der Waals surface area contributed by atoms with Crippen molar-refractivity contribution in [3.63, 3.8) is 0 Å². The van der Waals surface area contributed by atoms with Crippen molar-refractivity contribution in [3.05, 3.63) is 58.6 Å². The molecule has 0 bridgehead atoms. The number of aryl methyl sites for hydroxylation is 1. The number of aromatic nitrogens is 3. The highest BCUT2D eigenvalue weighted by Crippen LogP contribution is 2.37. The van der Waals surface area contributed by atoms with Crippen molar-refractivity contribution in [2.45, 2.75) is 33.2 Å². The zero-order chi connectivity index (χ0) is 19.8. The molecule has 0 atom stereocenters. The molecule has 0 saturated heterocycles. The second-order valence-corrected chi connectivity index (χ2v) is 8.19. The molecule has 0 amide bonds. The van der Waals surface area contributed by atoms with Gasteiger partial charge >= 0.3 is 0 Å². The summed E-state index contributed by atoms with van der Waals surface area (Å²) in [6, 6.07) is 14.4. The Labute approximate surface area is 168 Å². The van der Waals surface area contributed by atoms with Crippen molar-refractivity contribution in [2.75, 3.05) is 7.11 Å². The predicted molar refractivity (Wildman–Crippen MR) is 115 cm³/mol. The van der Waals surface area contributed by atoms with E-state index in [0.717, 1.165) is 38.7 Å². The first-order chi connectivity index (χ1) is 13.5. The first-order valence-electron chi connectivity index (χ1n) is 9.35. The Bertz CT molecular complexity index is 1140. The lowest BCUT2D eigenvalue weighted by molar-refractivity contribution is 0.415. The minimum absolute atomic E-state index is 0.352. The SMILES string of the molecule is COc1cccc(-c2nc(-n3nc(CN)c4cc(C)ccc43)sc2C(C)C)c1. The standard InChI is InChI=1S/C22H24N4OS/c1-13(2)21-20(15-6-5-7-16(11-15)27-4)24-22(28-21)26-19-9-8-14(3)10-17(19)18(12-23)25-26/h5-11,13H,12,23H2,1-4H3. The molecule has 0 aliphatic rings. The summed E-state index contributed by atoms with van der Waals surface area (Å²) < 4.78 is 7.33. The molecule has 0 aliphatic heterocycles. The Morgan fingerprint density at radius 2 is 2.00 bits per heavy atom. The van der Waals surface area contributed by atoms with Crippen molar-refractivity contribution in [1.29, 1.82) is 0 Å². The van der Waals surface area contributed by atoms with E-state index >= 15 is 0 Å². The van der Waals surface area contributed by atoms with Gasteiger partial charge in [0.15, 0.2) is 0 Å². The number of rotatable bonds is 5. The van der Waals surface area contributed by atoms with Crippen LogP contribution in [-0.4, -0.2) is 21.9 Å². The predicted octanol–water partition coefficient (Wildman–Crippen LogP) is 5.05. The van der Waals surface area contributed by atoms with Gasteiger partial charge in [-0.1, -0.05) is 48.9 Å². The van der Waals surface area contributed by atoms with E-state index < -0.39 is 0 Å². The molecule has 0 fully saturated rings. The van der Waals surface area contributed by atoms with Gasteiger partial charge in [0.05, 0.1) is 24.0 Å². The summed E-state index contributed by atoms with van der Waals surface area (Å²) in [6.07, 6.45) is 0. The van der Waals surface area contributed by atoms with Crippen molar-refractivity contribution >= 4 is 22.2 Å². The van der Waals surface area contributed by atoms with E-state index in [4.69, 9.17) is 20.6 Å². The second-order valence-electron chi connectivity index (χ2n) is 7.18. The number of hydrogen-bond donors (Lipinski definition) is 1. The number of methoxy groups -OCH3 is 1. The highest BCUT2D eigenvalue weighted by atomic mass is 32.1. The van der Waals surface area contributed by atoms with E-state index in [1.54, 1.807) is 18.4 Å². The first-order valence-corrected chi connectivity index (χ1v) is 10.2. The molecule has 0 spiro atoms. The number of fused-ring (bicyclic) bond motifs is 1. The van der Waals surface area contributed by atoms with E-state index in [1.807, 2.05) is 22.9 Å². The number of nitrogens with two attached hydrogens (primary N) is 1. The van der Waals surface area contributed by atoms with Gasteiger partial charge in [-0.15, -0.1) is 0 Å². The molecule has 4 aromatic rings. The second kappa shape index (κ2) is 7.37. The maximum atomic E-state index is 5.96. The van der Waals surface area contributed by atoms with Crippen LogP contribution in [0.4, 0.5) is 0 Å². The van der Waals surface area contributed by atoms with Gasteiger partial charge in [-0.05, 0) is 37.1 Å². The zero-order valence-corrected chi connectivity index (χ0v) is 17.4. The van der Waals surface area contributed by atoms with E-state index in [9.17, 15) is 0 Å². The molecular formula is C22H24N4OS. The lowest BCUT2D eigenvalue weighted by Gasteiger charge is -2.06. The van der Waals surface area contributed by atoms with Crippen molar-refractivity contribution < 1.29 is 4.74 Å². The fourth-order valence-corrected chi connectivity index (χ4v) is 4.43. The van der Waals surface area contributed by atoms with Gasteiger partial charge in [0, 0.05) is 22.4 Å². The molecule has 0 unspecified atom stereocenters. The summed E-state index contributed by atoms with van der Waals surface area (Å²) in [5.41, 5.74) is 11.1. The summed E-state index contributed by atoms with van der Waals surface area (Å²) in [6.45, 7) is 6.87. The first kappa shape index (κ1) is 18.7. The van der Waals surface area contributed by atoms with Crippen LogP contribution in [-0.2, 0) is 6.54 Å². The van der Waals surface area contributed by atoms with Gasteiger partial charge < -0.3 is 10.5 Å². The molecule has 0 radical (unpaired) electrons. The molecule has 2 aromatic carbocycles. The fourth-order valence-electron chi connectivity index (χ4n) is 3.37. The minimum Gasteiger partial charge on any atom is -0.497 e. The van der Waals surface area contributed by atoms with Crippen molar-refractivity contribution in [3.8, 4) is 22.1 Å². The molecule has 5 nitrogen and oxygen atoms in total. The molecule has 28 heavy (non-hydrogen) atoms. The van der Waals surface area contributed by atoms with Gasteiger partial charge in [0.25, 0.3) is 0 Å². The molecule has 0 aliphatic carbocycles. The van der Waals surface area contributed by atoms with E-state index in [0.29, 0.717) is 12.5 Å². The van der Waals surface area contributed by atoms with Gasteiger partial charge in [-0.3, -0.25) is 0 Å². The third-order valence-electron chi connectivity index (χ3n) is 4.80. The maximum Gasteiger partial charge on any atom is 0.211 e. The average molecular weight is 393 g/mol. The summed E-state index contributed by atoms with van der Waals surface area (Å²) >= 11 is 1.68. The number of ether oxygens (including phenoxy) is 1. The van der Waals surface area contributed by atoms with Gasteiger partial charge in [-0.2, -0.15) is 5.10 Å². The topological polar surface area (TPSA) is 66.0 Å². The Kier molecular flexibility index (Phi) is 4.91. The van der Waals surface area contributed by atoms with Crippen LogP contribution in [0.5, 0.6) is 5.75 Å². The molecule has 144 valence electrons. The number of thiazole rings is 1. The van der Waals surface area contributed by atoms with Crippen LogP contribution in [0.25, 0.3) is 27.3 Å². The smallest absolute Gasteiger partial charge is 0.211 e. The van der Waals surface area contributed by atoms with Crippen LogP contribution < -0.4 is 10.5 Å². The van der Waals surface area contributed by atoms with Gasteiger partial charge in [0.1, 0.15) is 5.75 Å². The molecular weight excluding hydrogens is 368 g/mol. The lowest BCUT2D eigenvalue weighted by atomic mass is 10.1. The van der Waals surface area contributed by atoms with Crippen LogP contribution in [0.1, 0.15) is 35.9 Å². The van der Waals surface area contributed by atoms with E-state index in [-0.39, 0.29) is 0 Å². The van der Waals surface area contributed by atoms with Crippen LogP contribution in [0, 0.1) is 6.92 Å². The Hall–Kier alpha value is -2.70. The summed E-state index contributed by atoms with van der Waals surface area (Å²) in [4.78, 5) is 6.22. The fraction of sp³-hybridized carbons (Fsp3) is 0.273.